The van der Waals surface area contributed by atoms with Crippen LogP contribution < -0.4 is 11.1 Å². The number of rotatable bonds is 5. The Kier molecular flexibility index (Phi) is 4.55. The van der Waals surface area contributed by atoms with Crippen LogP contribution in [0.1, 0.15) is 16.9 Å². The molecule has 0 unspecified atom stereocenters. The van der Waals surface area contributed by atoms with Crippen molar-refractivity contribution < 1.29 is 14.3 Å². The molecular formula is C14H16N4O3. The number of esters is 1. The fourth-order valence-corrected chi connectivity index (χ4v) is 1.69. The maximum Gasteiger partial charge on any atom is 0.307 e. The van der Waals surface area contributed by atoms with Crippen molar-refractivity contribution in [1.82, 2.24) is 15.1 Å². The third-order valence-corrected chi connectivity index (χ3v) is 2.82. The molecule has 7 heteroatoms. The number of carbonyl (C=O) groups excluding carboxylic acids is 2. The Bertz CT molecular complexity index is 634. The standard InChI is InChI=1S/C14H16N4O3/c1-21-13(19)6-8-16-14(20)12-7-9-18(17-12)11-4-2-10(15)3-5-11/h2-5,7,9H,6,8,15H2,1H3,(H,16,20). The lowest BCUT2D eigenvalue weighted by Crippen LogP contribution is -2.26. The number of hydrogen-bond acceptors (Lipinski definition) is 5. The maximum atomic E-state index is 11.9. The van der Waals surface area contributed by atoms with Crippen molar-refractivity contribution in [2.45, 2.75) is 6.42 Å². The SMILES string of the molecule is COC(=O)CCNC(=O)c1ccn(-c2ccc(N)cc2)n1. The van der Waals surface area contributed by atoms with E-state index >= 15 is 0 Å². The van der Waals surface area contributed by atoms with Gasteiger partial charge in [-0.1, -0.05) is 0 Å². The van der Waals surface area contributed by atoms with E-state index in [1.165, 1.54) is 7.11 Å². The van der Waals surface area contributed by atoms with Crippen LogP contribution in [0.5, 0.6) is 0 Å². The minimum absolute atomic E-state index is 0.126. The summed E-state index contributed by atoms with van der Waals surface area (Å²) in [5.41, 5.74) is 7.35. The molecule has 21 heavy (non-hydrogen) atoms. The molecule has 110 valence electrons. The molecule has 0 spiro atoms. The molecule has 3 N–H and O–H groups in total. The van der Waals surface area contributed by atoms with Gasteiger partial charge in [-0.2, -0.15) is 5.10 Å². The van der Waals surface area contributed by atoms with Gasteiger partial charge in [0.15, 0.2) is 5.69 Å². The van der Waals surface area contributed by atoms with E-state index in [0.29, 0.717) is 5.69 Å². The lowest BCUT2D eigenvalue weighted by molar-refractivity contribution is -0.140. The van der Waals surface area contributed by atoms with Crippen LogP contribution in [0.3, 0.4) is 0 Å². The Morgan fingerprint density at radius 1 is 1.29 bits per heavy atom. The molecule has 0 aliphatic heterocycles. The number of methoxy groups -OCH3 is 1. The number of hydrogen-bond donors (Lipinski definition) is 2. The minimum atomic E-state index is -0.372. The van der Waals surface area contributed by atoms with Crippen LogP contribution in [0.2, 0.25) is 0 Å². The van der Waals surface area contributed by atoms with Crippen molar-refractivity contribution in [1.29, 1.82) is 0 Å². The lowest BCUT2D eigenvalue weighted by Gasteiger charge is -2.03. The molecule has 0 atom stereocenters. The van der Waals surface area contributed by atoms with Crippen molar-refractivity contribution in [3.05, 3.63) is 42.2 Å². The highest BCUT2D eigenvalue weighted by atomic mass is 16.5. The molecule has 1 heterocycles. The van der Waals surface area contributed by atoms with Crippen LogP contribution >= 0.6 is 0 Å². The molecule has 1 amide bonds. The van der Waals surface area contributed by atoms with Gasteiger partial charge < -0.3 is 15.8 Å². The van der Waals surface area contributed by atoms with E-state index in [1.54, 1.807) is 41.2 Å². The highest BCUT2D eigenvalue weighted by Crippen LogP contribution is 2.10. The molecule has 0 radical (unpaired) electrons. The molecule has 1 aromatic carbocycles. The molecule has 1 aromatic heterocycles. The van der Waals surface area contributed by atoms with Crippen LogP contribution in [0.25, 0.3) is 5.69 Å². The van der Waals surface area contributed by atoms with Crippen molar-refractivity contribution in [3.63, 3.8) is 0 Å². The largest absolute Gasteiger partial charge is 0.469 e. The van der Waals surface area contributed by atoms with Crippen molar-refractivity contribution in [2.24, 2.45) is 0 Å². The first-order chi connectivity index (χ1) is 10.1. The summed E-state index contributed by atoms with van der Waals surface area (Å²) < 4.78 is 6.07. The molecule has 2 rings (SSSR count). The number of nitrogen functional groups attached to an aromatic ring is 1. The summed E-state index contributed by atoms with van der Waals surface area (Å²) in [6, 6.07) is 8.73. The molecule has 0 aliphatic carbocycles. The monoisotopic (exact) mass is 288 g/mol. The molecule has 2 aromatic rings. The van der Waals surface area contributed by atoms with E-state index in [1.807, 2.05) is 0 Å². The molecule has 0 bridgehead atoms. The number of nitrogens with zero attached hydrogens (tertiary/aromatic N) is 2. The summed E-state index contributed by atoms with van der Waals surface area (Å²) in [6.45, 7) is 0.209. The van der Waals surface area contributed by atoms with E-state index in [2.05, 4.69) is 15.2 Å². The van der Waals surface area contributed by atoms with E-state index in [0.717, 1.165) is 5.69 Å². The van der Waals surface area contributed by atoms with E-state index in [-0.39, 0.29) is 30.5 Å². The van der Waals surface area contributed by atoms with Gasteiger partial charge >= 0.3 is 5.97 Å². The van der Waals surface area contributed by atoms with Gasteiger partial charge in [0.05, 0.1) is 19.2 Å². The maximum absolute atomic E-state index is 11.9. The van der Waals surface area contributed by atoms with Crippen molar-refractivity contribution in [2.75, 3.05) is 19.4 Å². The van der Waals surface area contributed by atoms with Gasteiger partial charge in [0.2, 0.25) is 0 Å². The molecule has 0 saturated carbocycles. The summed E-state index contributed by atoms with van der Waals surface area (Å²) in [6.07, 6.45) is 1.81. The average Bonchev–Trinajstić information content (AvgIpc) is 2.97. The average molecular weight is 288 g/mol. The number of aromatic nitrogens is 2. The second-order valence-electron chi connectivity index (χ2n) is 4.32. The lowest BCUT2D eigenvalue weighted by atomic mass is 10.3. The van der Waals surface area contributed by atoms with Crippen LogP contribution in [0, 0.1) is 0 Å². The highest BCUT2D eigenvalue weighted by Gasteiger charge is 2.10. The quantitative estimate of drug-likeness (QED) is 0.624. The normalized spacial score (nSPS) is 10.1. The van der Waals surface area contributed by atoms with Gasteiger partial charge in [-0.25, -0.2) is 4.68 Å². The first-order valence-corrected chi connectivity index (χ1v) is 6.37. The molecule has 0 saturated heterocycles. The summed E-state index contributed by atoms with van der Waals surface area (Å²) in [7, 11) is 1.30. The van der Waals surface area contributed by atoms with Crippen molar-refractivity contribution >= 4 is 17.6 Å². The van der Waals surface area contributed by atoms with Crippen LogP contribution in [-0.4, -0.2) is 35.3 Å². The smallest absolute Gasteiger partial charge is 0.307 e. The third kappa shape index (κ3) is 3.82. The Morgan fingerprint density at radius 3 is 2.67 bits per heavy atom. The van der Waals surface area contributed by atoms with Gasteiger partial charge in [0.25, 0.3) is 5.91 Å². The van der Waals surface area contributed by atoms with Gasteiger partial charge in [0.1, 0.15) is 0 Å². The number of nitrogens with one attached hydrogen (secondary N) is 1. The first kappa shape index (κ1) is 14.6. The number of nitrogens with two attached hydrogens (primary N) is 1. The Morgan fingerprint density at radius 2 is 2.00 bits per heavy atom. The topological polar surface area (TPSA) is 99.2 Å². The zero-order valence-electron chi connectivity index (χ0n) is 11.6. The number of ether oxygens (including phenoxy) is 1. The molecule has 0 fully saturated rings. The third-order valence-electron chi connectivity index (χ3n) is 2.82. The van der Waals surface area contributed by atoms with Gasteiger partial charge in [-0.05, 0) is 30.3 Å². The highest BCUT2D eigenvalue weighted by molar-refractivity contribution is 5.92. The van der Waals surface area contributed by atoms with Crippen LogP contribution in [0.4, 0.5) is 5.69 Å². The molecule has 0 aliphatic rings. The summed E-state index contributed by atoms with van der Waals surface area (Å²) in [4.78, 5) is 22.8. The van der Waals surface area contributed by atoms with Gasteiger partial charge in [-0.3, -0.25) is 9.59 Å². The van der Waals surface area contributed by atoms with E-state index < -0.39 is 0 Å². The van der Waals surface area contributed by atoms with Crippen LogP contribution in [0.15, 0.2) is 36.5 Å². The number of benzene rings is 1. The zero-order chi connectivity index (χ0) is 15.2. The Labute approximate surface area is 121 Å². The van der Waals surface area contributed by atoms with Gasteiger partial charge in [-0.15, -0.1) is 0 Å². The van der Waals surface area contributed by atoms with Crippen LogP contribution in [-0.2, 0) is 9.53 Å². The predicted octanol–water partition coefficient (Wildman–Crippen LogP) is 0.747. The fourth-order valence-electron chi connectivity index (χ4n) is 1.69. The number of anilines is 1. The summed E-state index contributed by atoms with van der Waals surface area (Å²) in [5.74, 6) is -0.712. The zero-order valence-corrected chi connectivity index (χ0v) is 11.6. The summed E-state index contributed by atoms with van der Waals surface area (Å²) >= 11 is 0. The number of carbonyl (C=O) groups is 2. The predicted molar refractivity (Wildman–Crippen MR) is 76.9 cm³/mol. The second-order valence-corrected chi connectivity index (χ2v) is 4.32. The van der Waals surface area contributed by atoms with Gasteiger partial charge in [0, 0.05) is 18.4 Å². The molecular weight excluding hydrogens is 272 g/mol. The minimum Gasteiger partial charge on any atom is -0.469 e. The summed E-state index contributed by atoms with van der Waals surface area (Å²) in [5, 5.41) is 6.78. The Balaban J connectivity index is 1.97. The van der Waals surface area contributed by atoms with E-state index in [4.69, 9.17) is 5.73 Å². The van der Waals surface area contributed by atoms with E-state index in [9.17, 15) is 9.59 Å². The second kappa shape index (κ2) is 6.56. The van der Waals surface area contributed by atoms with Crippen molar-refractivity contribution in [3.8, 4) is 5.69 Å². The fraction of sp³-hybridized carbons (Fsp3) is 0.214. The Hall–Kier alpha value is -2.83. The first-order valence-electron chi connectivity index (χ1n) is 6.37. The number of amides is 1. The molecule has 7 nitrogen and oxygen atoms in total.